The van der Waals surface area contributed by atoms with Crippen molar-refractivity contribution in [3.8, 4) is 5.75 Å². The number of aryl methyl sites for hydroxylation is 1. The van der Waals surface area contributed by atoms with Gasteiger partial charge >= 0.3 is 0 Å². The Morgan fingerprint density at radius 3 is 2.60 bits per heavy atom. The predicted molar refractivity (Wildman–Crippen MR) is 78.2 cm³/mol. The lowest BCUT2D eigenvalue weighted by Crippen LogP contribution is -2.12. The van der Waals surface area contributed by atoms with E-state index in [0.29, 0.717) is 11.0 Å². The van der Waals surface area contributed by atoms with Gasteiger partial charge in [0.05, 0.1) is 5.56 Å². The fourth-order valence-corrected chi connectivity index (χ4v) is 2.49. The average Bonchev–Trinajstić information content (AvgIpc) is 2.83. The van der Waals surface area contributed by atoms with Gasteiger partial charge < -0.3 is 5.11 Å². The topological polar surface area (TPSA) is 75.1 Å². The maximum atomic E-state index is 12.2. The van der Waals surface area contributed by atoms with Crippen molar-refractivity contribution in [1.29, 1.82) is 0 Å². The molecule has 0 bridgehead atoms. The Kier molecular flexibility index (Phi) is 3.08. The predicted octanol–water partition coefficient (Wildman–Crippen LogP) is 2.96. The Bertz CT molecular complexity index is 798. The Morgan fingerprint density at radius 1 is 1.25 bits per heavy atom. The lowest BCUT2D eigenvalue weighted by molar-refractivity contribution is 0.102. The molecule has 3 rings (SSSR count). The summed E-state index contributed by atoms with van der Waals surface area (Å²) in [5.74, 6) is 0.153. The zero-order chi connectivity index (χ0) is 14.1. The van der Waals surface area contributed by atoms with Gasteiger partial charge in [0.15, 0.2) is 0 Å². The number of phenols is 1. The molecule has 0 atom stereocenters. The van der Waals surface area contributed by atoms with E-state index >= 15 is 0 Å². The number of anilines is 1. The van der Waals surface area contributed by atoms with E-state index in [2.05, 4.69) is 14.7 Å². The number of rotatable bonds is 2. The van der Waals surface area contributed by atoms with E-state index in [1.54, 1.807) is 19.1 Å². The Balaban J connectivity index is 1.96. The molecular weight excluding hydrogens is 274 g/mol. The van der Waals surface area contributed by atoms with Gasteiger partial charge in [-0.1, -0.05) is 24.3 Å². The molecule has 0 fully saturated rings. The molecule has 20 heavy (non-hydrogen) atoms. The molecule has 3 aromatic rings. The minimum absolute atomic E-state index is 0.0533. The molecule has 1 aromatic heterocycles. The molecule has 0 saturated carbocycles. The molecule has 0 radical (unpaired) electrons. The van der Waals surface area contributed by atoms with Gasteiger partial charge in [-0.25, -0.2) is 4.98 Å². The van der Waals surface area contributed by atoms with Crippen molar-refractivity contribution < 1.29 is 9.90 Å². The van der Waals surface area contributed by atoms with Crippen LogP contribution >= 0.6 is 11.5 Å². The molecule has 1 amide bonds. The van der Waals surface area contributed by atoms with Crippen LogP contribution < -0.4 is 5.32 Å². The SMILES string of the molecule is Cc1nsc(NC(=O)c2cc3ccccc3cc2O)n1. The Labute approximate surface area is 119 Å². The Hall–Kier alpha value is -2.47. The van der Waals surface area contributed by atoms with Gasteiger partial charge in [0.1, 0.15) is 11.6 Å². The number of aromatic hydroxyl groups is 1. The quantitative estimate of drug-likeness (QED) is 0.759. The van der Waals surface area contributed by atoms with Crippen LogP contribution in [0.5, 0.6) is 5.75 Å². The molecule has 1 heterocycles. The van der Waals surface area contributed by atoms with E-state index in [1.807, 2.05) is 24.3 Å². The van der Waals surface area contributed by atoms with Crippen molar-refractivity contribution in [3.63, 3.8) is 0 Å². The smallest absolute Gasteiger partial charge is 0.261 e. The summed E-state index contributed by atoms with van der Waals surface area (Å²) in [5, 5.41) is 14.8. The highest BCUT2D eigenvalue weighted by Crippen LogP contribution is 2.26. The van der Waals surface area contributed by atoms with E-state index in [0.717, 1.165) is 22.3 Å². The van der Waals surface area contributed by atoms with Crippen LogP contribution in [0.4, 0.5) is 5.13 Å². The summed E-state index contributed by atoms with van der Waals surface area (Å²) in [7, 11) is 0. The molecule has 2 N–H and O–H groups in total. The van der Waals surface area contributed by atoms with Gasteiger partial charge in [-0.2, -0.15) is 4.37 Å². The number of hydrogen-bond acceptors (Lipinski definition) is 5. The average molecular weight is 285 g/mol. The van der Waals surface area contributed by atoms with Gasteiger partial charge in [0.25, 0.3) is 5.91 Å². The lowest BCUT2D eigenvalue weighted by atomic mass is 10.1. The fourth-order valence-electron chi connectivity index (χ4n) is 1.92. The number of phenolic OH excluding ortho intramolecular Hbond substituents is 1. The first kappa shape index (κ1) is 12.6. The summed E-state index contributed by atoms with van der Waals surface area (Å²) in [6.45, 7) is 1.75. The molecule has 6 heteroatoms. The first-order valence-electron chi connectivity index (χ1n) is 5.97. The van der Waals surface area contributed by atoms with Crippen molar-refractivity contribution in [1.82, 2.24) is 9.36 Å². The second-order valence-corrected chi connectivity index (χ2v) is 5.07. The van der Waals surface area contributed by atoms with Gasteiger partial charge in [0, 0.05) is 11.5 Å². The number of nitrogens with one attached hydrogen (secondary N) is 1. The number of carbonyl (C=O) groups is 1. The van der Waals surface area contributed by atoms with Crippen molar-refractivity contribution in [3.05, 3.63) is 47.8 Å². The zero-order valence-electron chi connectivity index (χ0n) is 10.6. The van der Waals surface area contributed by atoms with Crippen LogP contribution in [0.2, 0.25) is 0 Å². The maximum absolute atomic E-state index is 12.2. The monoisotopic (exact) mass is 285 g/mol. The van der Waals surface area contributed by atoms with Crippen molar-refractivity contribution >= 4 is 33.3 Å². The highest BCUT2D eigenvalue weighted by atomic mass is 32.1. The second kappa shape index (κ2) is 4.90. The molecule has 0 saturated heterocycles. The largest absolute Gasteiger partial charge is 0.507 e. The van der Waals surface area contributed by atoms with Crippen LogP contribution in [-0.2, 0) is 0 Å². The maximum Gasteiger partial charge on any atom is 0.261 e. The van der Waals surface area contributed by atoms with Gasteiger partial charge in [0.2, 0.25) is 5.13 Å². The standard InChI is InChI=1S/C14H11N3O2S/c1-8-15-14(20-17-8)16-13(19)11-6-9-4-2-3-5-10(9)7-12(11)18/h2-7,18H,1H3,(H,15,16,17,19). The number of benzene rings is 2. The van der Waals surface area contributed by atoms with Crippen molar-refractivity contribution in [2.24, 2.45) is 0 Å². The molecule has 0 aliphatic rings. The van der Waals surface area contributed by atoms with Crippen LogP contribution in [0, 0.1) is 6.92 Å². The van der Waals surface area contributed by atoms with E-state index in [9.17, 15) is 9.90 Å². The summed E-state index contributed by atoms with van der Waals surface area (Å²) in [5.41, 5.74) is 0.219. The van der Waals surface area contributed by atoms with Gasteiger partial charge in [-0.15, -0.1) is 0 Å². The molecule has 0 unspecified atom stereocenters. The van der Waals surface area contributed by atoms with E-state index < -0.39 is 5.91 Å². The highest BCUT2D eigenvalue weighted by molar-refractivity contribution is 7.09. The molecule has 5 nitrogen and oxygen atoms in total. The third kappa shape index (κ3) is 2.33. The minimum Gasteiger partial charge on any atom is -0.507 e. The number of carbonyl (C=O) groups excluding carboxylic acids is 1. The van der Waals surface area contributed by atoms with Crippen molar-refractivity contribution in [2.45, 2.75) is 6.92 Å². The molecule has 2 aromatic carbocycles. The summed E-state index contributed by atoms with van der Waals surface area (Å²) < 4.78 is 3.99. The van der Waals surface area contributed by atoms with Crippen LogP contribution in [-0.4, -0.2) is 20.4 Å². The lowest BCUT2D eigenvalue weighted by Gasteiger charge is -2.06. The van der Waals surface area contributed by atoms with Crippen LogP contribution in [0.25, 0.3) is 10.8 Å². The summed E-state index contributed by atoms with van der Waals surface area (Å²) in [6, 6.07) is 10.8. The van der Waals surface area contributed by atoms with Crippen LogP contribution in [0.3, 0.4) is 0 Å². The number of fused-ring (bicyclic) bond motifs is 1. The molecule has 0 aliphatic heterocycles. The highest BCUT2D eigenvalue weighted by Gasteiger charge is 2.14. The summed E-state index contributed by atoms with van der Waals surface area (Å²) in [4.78, 5) is 16.2. The zero-order valence-corrected chi connectivity index (χ0v) is 11.4. The number of hydrogen-bond donors (Lipinski definition) is 2. The van der Waals surface area contributed by atoms with Gasteiger partial charge in [-0.05, 0) is 29.8 Å². The molecule has 100 valence electrons. The minimum atomic E-state index is -0.399. The summed E-state index contributed by atoms with van der Waals surface area (Å²) >= 11 is 1.11. The molecule has 0 aliphatic carbocycles. The number of aromatic nitrogens is 2. The number of nitrogens with zero attached hydrogens (tertiary/aromatic N) is 2. The Morgan fingerprint density at radius 2 is 1.95 bits per heavy atom. The van der Waals surface area contributed by atoms with Crippen LogP contribution in [0.15, 0.2) is 36.4 Å². The number of amides is 1. The third-order valence-electron chi connectivity index (χ3n) is 2.86. The van der Waals surface area contributed by atoms with Crippen LogP contribution in [0.1, 0.15) is 16.2 Å². The van der Waals surface area contributed by atoms with Crippen molar-refractivity contribution in [2.75, 3.05) is 5.32 Å². The molecule has 0 spiro atoms. The van der Waals surface area contributed by atoms with E-state index in [4.69, 9.17) is 0 Å². The van der Waals surface area contributed by atoms with E-state index in [1.165, 1.54) is 0 Å². The van der Waals surface area contributed by atoms with Gasteiger partial charge in [-0.3, -0.25) is 10.1 Å². The first-order valence-corrected chi connectivity index (χ1v) is 6.74. The van der Waals surface area contributed by atoms with E-state index in [-0.39, 0.29) is 11.3 Å². The normalized spacial score (nSPS) is 10.7. The third-order valence-corrected chi connectivity index (χ3v) is 3.58. The second-order valence-electron chi connectivity index (χ2n) is 4.32. The summed E-state index contributed by atoms with van der Waals surface area (Å²) in [6.07, 6.45) is 0. The first-order chi connectivity index (χ1) is 9.63. The fraction of sp³-hybridized carbons (Fsp3) is 0.0714. The molecular formula is C14H11N3O2S.